The van der Waals surface area contributed by atoms with Crippen LogP contribution in [0.4, 0.5) is 5.69 Å². The maximum absolute atomic E-state index is 11.1. The molecular weight excluding hydrogens is 428 g/mol. The number of phenolic OH excluding ortho intramolecular Hbond substituents is 1. The largest absolute Gasteiger partial charge is 0.507 e. The Morgan fingerprint density at radius 2 is 1.50 bits per heavy atom. The third kappa shape index (κ3) is 3.67. The van der Waals surface area contributed by atoms with Crippen molar-refractivity contribution in [1.29, 1.82) is 0 Å². The van der Waals surface area contributed by atoms with E-state index in [1.165, 1.54) is 0 Å². The van der Waals surface area contributed by atoms with Crippen molar-refractivity contribution in [2.45, 2.75) is 12.5 Å². The molecule has 0 spiro atoms. The fraction of sp³-hybridized carbons (Fsp3) is 0.179. The number of phenols is 1. The van der Waals surface area contributed by atoms with Crippen LogP contribution in [0, 0.1) is 0 Å². The highest BCUT2D eigenvalue weighted by Crippen LogP contribution is 2.47. The smallest absolute Gasteiger partial charge is 0.132 e. The lowest BCUT2D eigenvalue weighted by Gasteiger charge is -2.27. The summed E-state index contributed by atoms with van der Waals surface area (Å²) in [5.41, 5.74) is 3.31. The number of fused-ring (bicyclic) bond motifs is 1. The number of anilines is 1. The molecule has 5 rings (SSSR count). The second-order valence-corrected chi connectivity index (χ2v) is 8.08. The fourth-order valence-electron chi connectivity index (χ4n) is 4.57. The summed E-state index contributed by atoms with van der Waals surface area (Å²) in [6.07, 6.45) is 0.555. The Bertz CT molecular complexity index is 1340. The van der Waals surface area contributed by atoms with Crippen molar-refractivity contribution in [2.75, 3.05) is 26.3 Å². The lowest BCUT2D eigenvalue weighted by atomic mass is 9.94. The van der Waals surface area contributed by atoms with E-state index >= 15 is 0 Å². The highest BCUT2D eigenvalue weighted by molar-refractivity contribution is 6.09. The first-order valence-electron chi connectivity index (χ1n) is 11.1. The molecule has 6 heteroatoms. The van der Waals surface area contributed by atoms with Crippen molar-refractivity contribution in [3.05, 3.63) is 90.0 Å². The van der Waals surface area contributed by atoms with E-state index in [-0.39, 0.29) is 11.8 Å². The molecule has 0 radical (unpaired) electrons. The average molecular weight is 455 g/mol. The summed E-state index contributed by atoms with van der Waals surface area (Å²) in [5.74, 6) is 2.19. The van der Waals surface area contributed by atoms with Crippen LogP contribution in [0.3, 0.4) is 0 Å². The highest BCUT2D eigenvalue weighted by atomic mass is 16.5. The normalized spacial score (nSPS) is 15.3. The van der Waals surface area contributed by atoms with Gasteiger partial charge in [0.1, 0.15) is 23.0 Å². The van der Waals surface area contributed by atoms with Gasteiger partial charge in [-0.05, 0) is 23.6 Å². The molecule has 4 aromatic rings. The SMILES string of the molecule is COc1cc(OC)c(C2CC(c3ccc4ccccc4c3O)=NN2c2ccccc2)c(OC)c1. The molecule has 0 aromatic heterocycles. The molecule has 6 nitrogen and oxygen atoms in total. The summed E-state index contributed by atoms with van der Waals surface area (Å²) < 4.78 is 17.0. The standard InChI is InChI=1S/C28H26N2O4/c1-32-20-15-25(33-2)27(26(16-20)34-3)24-17-23(29-30(24)19-10-5-4-6-11-19)22-14-13-18-9-7-8-12-21(18)28(22)31/h4-16,24,31H,17H2,1-3H3. The highest BCUT2D eigenvalue weighted by Gasteiger charge is 2.35. The number of ether oxygens (including phenoxy) is 3. The van der Waals surface area contributed by atoms with Crippen molar-refractivity contribution >= 4 is 22.2 Å². The van der Waals surface area contributed by atoms with E-state index in [1.54, 1.807) is 21.3 Å². The molecule has 1 N–H and O–H groups in total. The van der Waals surface area contributed by atoms with Gasteiger partial charge in [-0.1, -0.05) is 48.5 Å². The monoisotopic (exact) mass is 454 g/mol. The van der Waals surface area contributed by atoms with E-state index < -0.39 is 0 Å². The van der Waals surface area contributed by atoms with Gasteiger partial charge in [0.05, 0.1) is 44.3 Å². The van der Waals surface area contributed by atoms with Gasteiger partial charge < -0.3 is 19.3 Å². The summed E-state index contributed by atoms with van der Waals surface area (Å²) in [4.78, 5) is 0. The molecule has 172 valence electrons. The van der Waals surface area contributed by atoms with E-state index in [2.05, 4.69) is 0 Å². The van der Waals surface area contributed by atoms with E-state index in [0.717, 1.165) is 27.7 Å². The number of benzene rings is 4. The van der Waals surface area contributed by atoms with Crippen LogP contribution in [0.5, 0.6) is 23.0 Å². The maximum Gasteiger partial charge on any atom is 0.132 e. The zero-order valence-electron chi connectivity index (χ0n) is 19.4. The van der Waals surface area contributed by atoms with Crippen molar-refractivity contribution in [3.8, 4) is 23.0 Å². The van der Waals surface area contributed by atoms with E-state index in [0.29, 0.717) is 29.2 Å². The summed E-state index contributed by atoms with van der Waals surface area (Å²) in [6, 6.07) is 25.2. The van der Waals surface area contributed by atoms with Gasteiger partial charge in [0.25, 0.3) is 0 Å². The zero-order valence-corrected chi connectivity index (χ0v) is 19.4. The Morgan fingerprint density at radius 3 is 2.18 bits per heavy atom. The molecule has 0 saturated heterocycles. The predicted octanol–water partition coefficient (Wildman–Crippen LogP) is 5.93. The third-order valence-electron chi connectivity index (χ3n) is 6.23. The minimum Gasteiger partial charge on any atom is -0.507 e. The number of aromatic hydroxyl groups is 1. The Kier molecular flexibility index (Phi) is 5.72. The van der Waals surface area contributed by atoms with E-state index in [1.807, 2.05) is 83.9 Å². The first kappa shape index (κ1) is 21.6. The molecule has 1 aliphatic heterocycles. The summed E-state index contributed by atoms with van der Waals surface area (Å²) >= 11 is 0. The second-order valence-electron chi connectivity index (χ2n) is 8.08. The number of para-hydroxylation sites is 1. The van der Waals surface area contributed by atoms with Crippen molar-refractivity contribution < 1.29 is 19.3 Å². The van der Waals surface area contributed by atoms with Crippen LogP contribution in [0.2, 0.25) is 0 Å². The maximum atomic E-state index is 11.1. The van der Waals surface area contributed by atoms with Gasteiger partial charge >= 0.3 is 0 Å². The molecule has 1 aliphatic rings. The number of methoxy groups -OCH3 is 3. The number of hydrazone groups is 1. The quantitative estimate of drug-likeness (QED) is 0.391. The number of hydrogen-bond donors (Lipinski definition) is 1. The minimum atomic E-state index is -0.209. The van der Waals surface area contributed by atoms with E-state index in [9.17, 15) is 5.11 Å². The molecule has 0 amide bonds. The Balaban J connectivity index is 1.66. The van der Waals surface area contributed by atoms with Gasteiger partial charge in [-0.25, -0.2) is 0 Å². The molecule has 1 unspecified atom stereocenters. The fourth-order valence-corrected chi connectivity index (χ4v) is 4.57. The Labute approximate surface area is 198 Å². The van der Waals surface area contributed by atoms with Gasteiger partial charge in [-0.3, -0.25) is 5.01 Å². The van der Waals surface area contributed by atoms with Gasteiger partial charge in [0, 0.05) is 29.5 Å². The zero-order chi connectivity index (χ0) is 23.7. The predicted molar refractivity (Wildman–Crippen MR) is 135 cm³/mol. The molecular formula is C28H26N2O4. The molecule has 0 saturated carbocycles. The first-order chi connectivity index (χ1) is 16.6. The van der Waals surface area contributed by atoms with Gasteiger partial charge in [0.15, 0.2) is 0 Å². The molecule has 0 fully saturated rings. The molecule has 0 bridgehead atoms. The molecule has 1 atom stereocenters. The number of rotatable bonds is 6. The van der Waals surface area contributed by atoms with Crippen LogP contribution < -0.4 is 19.2 Å². The Morgan fingerprint density at radius 1 is 0.824 bits per heavy atom. The van der Waals surface area contributed by atoms with Crippen LogP contribution in [0.15, 0.2) is 84.0 Å². The van der Waals surface area contributed by atoms with Crippen LogP contribution >= 0.6 is 0 Å². The van der Waals surface area contributed by atoms with Gasteiger partial charge in [-0.2, -0.15) is 5.10 Å². The number of nitrogens with zero attached hydrogens (tertiary/aromatic N) is 2. The van der Waals surface area contributed by atoms with Gasteiger partial charge in [0.2, 0.25) is 0 Å². The molecule has 34 heavy (non-hydrogen) atoms. The summed E-state index contributed by atoms with van der Waals surface area (Å²) in [6.45, 7) is 0. The second kappa shape index (κ2) is 8.98. The minimum absolute atomic E-state index is 0.209. The molecule has 1 heterocycles. The third-order valence-corrected chi connectivity index (χ3v) is 6.23. The molecule has 0 aliphatic carbocycles. The van der Waals surface area contributed by atoms with Gasteiger partial charge in [-0.15, -0.1) is 0 Å². The lowest BCUT2D eigenvalue weighted by Crippen LogP contribution is -2.20. The topological polar surface area (TPSA) is 63.5 Å². The van der Waals surface area contributed by atoms with E-state index in [4.69, 9.17) is 19.3 Å². The Hall–Kier alpha value is -4.19. The van der Waals surface area contributed by atoms with Crippen LogP contribution in [0.1, 0.15) is 23.6 Å². The summed E-state index contributed by atoms with van der Waals surface area (Å²) in [5, 5.41) is 19.9. The molecule has 4 aromatic carbocycles. The van der Waals surface area contributed by atoms with Crippen LogP contribution in [0.25, 0.3) is 10.8 Å². The van der Waals surface area contributed by atoms with Crippen LogP contribution in [-0.4, -0.2) is 32.1 Å². The van der Waals surface area contributed by atoms with Crippen molar-refractivity contribution in [2.24, 2.45) is 5.10 Å². The first-order valence-corrected chi connectivity index (χ1v) is 11.1. The van der Waals surface area contributed by atoms with Crippen LogP contribution in [-0.2, 0) is 0 Å². The lowest BCUT2D eigenvalue weighted by molar-refractivity contribution is 0.364. The van der Waals surface area contributed by atoms with Crippen molar-refractivity contribution in [1.82, 2.24) is 0 Å². The van der Waals surface area contributed by atoms with Crippen molar-refractivity contribution in [3.63, 3.8) is 0 Å². The summed E-state index contributed by atoms with van der Waals surface area (Å²) in [7, 11) is 4.89. The number of hydrogen-bond acceptors (Lipinski definition) is 6. The average Bonchev–Trinajstić information content (AvgIpc) is 3.33.